The van der Waals surface area contributed by atoms with Gasteiger partial charge in [-0.3, -0.25) is 4.98 Å². The van der Waals surface area contributed by atoms with Crippen molar-refractivity contribution in [1.29, 1.82) is 0 Å². The molecule has 1 aliphatic heterocycles. The van der Waals surface area contributed by atoms with Crippen molar-refractivity contribution >= 4 is 23.3 Å². The van der Waals surface area contributed by atoms with E-state index in [1.807, 2.05) is 40.6 Å². The van der Waals surface area contributed by atoms with Crippen LogP contribution < -0.4 is 0 Å². The number of aromatic nitrogens is 4. The molecule has 3 aromatic heterocycles. The number of phenols is 1. The average Bonchev–Trinajstić information content (AvgIpc) is 3.44. The van der Waals surface area contributed by atoms with Gasteiger partial charge in [-0.25, -0.2) is 14.3 Å². The Morgan fingerprint density at radius 3 is 2.61 bits per heavy atom. The largest absolute Gasteiger partial charge is 0.506 e. The molecular weight excluding hydrogens is 478 g/mol. The Balaban J connectivity index is 1.69. The van der Waals surface area contributed by atoms with Crippen LogP contribution in [0.1, 0.15) is 45.2 Å². The number of benzene rings is 1. The molecule has 3 atom stereocenters. The normalized spacial score (nSPS) is 19.7. The van der Waals surface area contributed by atoms with Crippen molar-refractivity contribution in [3.8, 4) is 28.1 Å². The van der Waals surface area contributed by atoms with Gasteiger partial charge in [-0.2, -0.15) is 5.10 Å². The van der Waals surface area contributed by atoms with Crippen molar-refractivity contribution in [3.05, 3.63) is 65.7 Å². The molecule has 4 aromatic rings. The zero-order chi connectivity index (χ0) is 25.4. The SMILES string of the molecule is CCOC(=O)N1C(CC)CC(c2ccnc3c(-c4ccc(Cl)c(O)c4)c(-c4ccncc4)nn23)C1C. The van der Waals surface area contributed by atoms with Gasteiger partial charge in [0.05, 0.1) is 22.9 Å². The fraction of sp³-hybridized carbons (Fsp3) is 0.333. The summed E-state index contributed by atoms with van der Waals surface area (Å²) in [6.45, 7) is 6.32. The van der Waals surface area contributed by atoms with Crippen LogP contribution in [0.25, 0.3) is 28.0 Å². The highest BCUT2D eigenvalue weighted by atomic mass is 35.5. The molecule has 1 aromatic carbocycles. The molecule has 1 aliphatic rings. The Morgan fingerprint density at radius 2 is 1.92 bits per heavy atom. The van der Waals surface area contributed by atoms with Gasteiger partial charge in [-0.15, -0.1) is 0 Å². The molecule has 0 spiro atoms. The number of aromatic hydroxyl groups is 1. The number of phenolic OH excluding ortho intramolecular Hbond substituents is 1. The van der Waals surface area contributed by atoms with Gasteiger partial charge in [0.25, 0.3) is 0 Å². The molecule has 1 saturated heterocycles. The summed E-state index contributed by atoms with van der Waals surface area (Å²) in [6.07, 6.45) is 6.59. The topological polar surface area (TPSA) is 92.8 Å². The van der Waals surface area contributed by atoms with Gasteiger partial charge >= 0.3 is 6.09 Å². The highest BCUT2D eigenvalue weighted by Crippen LogP contribution is 2.42. The van der Waals surface area contributed by atoms with E-state index in [2.05, 4.69) is 18.8 Å². The monoisotopic (exact) mass is 505 g/mol. The second kappa shape index (κ2) is 9.78. The highest BCUT2D eigenvalue weighted by Gasteiger charge is 2.43. The Kier molecular flexibility index (Phi) is 6.53. The van der Waals surface area contributed by atoms with Gasteiger partial charge in [0.1, 0.15) is 11.4 Å². The molecule has 8 nitrogen and oxygen atoms in total. The van der Waals surface area contributed by atoms with Gasteiger partial charge in [0, 0.05) is 42.2 Å². The maximum Gasteiger partial charge on any atom is 0.410 e. The van der Waals surface area contributed by atoms with Crippen molar-refractivity contribution < 1.29 is 14.6 Å². The predicted octanol–water partition coefficient (Wildman–Crippen LogP) is 5.93. The second-order valence-corrected chi connectivity index (χ2v) is 9.39. The number of halogens is 1. The van der Waals surface area contributed by atoms with Crippen molar-refractivity contribution in [1.82, 2.24) is 24.5 Å². The third kappa shape index (κ3) is 4.05. The minimum Gasteiger partial charge on any atom is -0.506 e. The van der Waals surface area contributed by atoms with Gasteiger partial charge in [-0.1, -0.05) is 24.6 Å². The smallest absolute Gasteiger partial charge is 0.410 e. The van der Waals surface area contributed by atoms with Crippen LogP contribution >= 0.6 is 11.6 Å². The van der Waals surface area contributed by atoms with E-state index in [9.17, 15) is 9.90 Å². The van der Waals surface area contributed by atoms with Gasteiger partial charge in [0.15, 0.2) is 5.65 Å². The van der Waals surface area contributed by atoms with E-state index in [0.29, 0.717) is 12.3 Å². The van der Waals surface area contributed by atoms with Crippen LogP contribution in [-0.2, 0) is 4.74 Å². The summed E-state index contributed by atoms with van der Waals surface area (Å²) in [5.41, 5.74) is 4.77. The molecule has 1 fully saturated rings. The number of nitrogens with zero attached hydrogens (tertiary/aromatic N) is 5. The fourth-order valence-electron chi connectivity index (χ4n) is 5.26. The Labute approximate surface area is 214 Å². The van der Waals surface area contributed by atoms with Crippen LogP contribution in [0.2, 0.25) is 5.02 Å². The molecule has 5 rings (SSSR count). The molecule has 0 aliphatic carbocycles. The molecule has 36 heavy (non-hydrogen) atoms. The molecule has 1 amide bonds. The van der Waals surface area contributed by atoms with E-state index >= 15 is 0 Å². The van der Waals surface area contributed by atoms with Crippen LogP contribution in [0.15, 0.2) is 55.0 Å². The van der Waals surface area contributed by atoms with Crippen LogP contribution in [0, 0.1) is 0 Å². The first-order chi connectivity index (χ1) is 17.4. The van der Waals surface area contributed by atoms with E-state index in [1.54, 1.807) is 30.7 Å². The Hall–Kier alpha value is -3.65. The lowest BCUT2D eigenvalue weighted by molar-refractivity contribution is 0.0888. The summed E-state index contributed by atoms with van der Waals surface area (Å²) in [5, 5.41) is 15.6. The minimum absolute atomic E-state index is 0.00868. The van der Waals surface area contributed by atoms with E-state index in [0.717, 1.165) is 40.9 Å². The molecule has 0 radical (unpaired) electrons. The lowest BCUT2D eigenvalue weighted by Crippen LogP contribution is -2.41. The molecule has 0 saturated carbocycles. The zero-order valence-electron chi connectivity index (χ0n) is 20.4. The summed E-state index contributed by atoms with van der Waals surface area (Å²) >= 11 is 6.10. The fourth-order valence-corrected chi connectivity index (χ4v) is 5.38. The molecular formula is C27H28ClN5O3. The van der Waals surface area contributed by atoms with E-state index < -0.39 is 0 Å². The number of ether oxygens (including phenoxy) is 1. The molecule has 0 bridgehead atoms. The van der Waals surface area contributed by atoms with Crippen molar-refractivity contribution in [2.24, 2.45) is 0 Å². The number of carbonyl (C=O) groups excluding carboxylic acids is 1. The first kappa shape index (κ1) is 24.1. The molecule has 9 heteroatoms. The number of fused-ring (bicyclic) bond motifs is 1. The quantitative estimate of drug-likeness (QED) is 0.361. The summed E-state index contributed by atoms with van der Waals surface area (Å²) in [4.78, 5) is 23.5. The van der Waals surface area contributed by atoms with Crippen LogP contribution in [0.5, 0.6) is 5.75 Å². The van der Waals surface area contributed by atoms with E-state index in [1.165, 1.54) is 0 Å². The van der Waals surface area contributed by atoms with Gasteiger partial charge < -0.3 is 14.7 Å². The number of rotatable bonds is 5. The van der Waals surface area contributed by atoms with Crippen LogP contribution in [-0.4, -0.2) is 54.4 Å². The molecule has 1 N–H and O–H groups in total. The Morgan fingerprint density at radius 1 is 1.14 bits per heavy atom. The molecule has 3 unspecified atom stereocenters. The number of pyridine rings is 1. The summed E-state index contributed by atoms with van der Waals surface area (Å²) < 4.78 is 7.25. The molecule has 4 heterocycles. The molecule has 186 valence electrons. The summed E-state index contributed by atoms with van der Waals surface area (Å²) in [7, 11) is 0. The first-order valence-electron chi connectivity index (χ1n) is 12.2. The highest BCUT2D eigenvalue weighted by molar-refractivity contribution is 6.32. The van der Waals surface area contributed by atoms with E-state index in [-0.39, 0.29) is 34.9 Å². The van der Waals surface area contributed by atoms with Crippen molar-refractivity contribution in [3.63, 3.8) is 0 Å². The first-order valence-corrected chi connectivity index (χ1v) is 12.5. The van der Waals surface area contributed by atoms with Crippen molar-refractivity contribution in [2.45, 2.75) is 51.6 Å². The third-order valence-corrected chi connectivity index (χ3v) is 7.33. The van der Waals surface area contributed by atoms with E-state index in [4.69, 9.17) is 26.4 Å². The maximum atomic E-state index is 12.8. The average molecular weight is 506 g/mol. The lowest BCUT2D eigenvalue weighted by Gasteiger charge is -2.28. The van der Waals surface area contributed by atoms with Crippen LogP contribution in [0.4, 0.5) is 4.79 Å². The number of likely N-dealkylation sites (tertiary alicyclic amines) is 1. The number of hydrogen-bond donors (Lipinski definition) is 1. The third-order valence-electron chi connectivity index (χ3n) is 7.01. The predicted molar refractivity (Wildman–Crippen MR) is 138 cm³/mol. The summed E-state index contributed by atoms with van der Waals surface area (Å²) in [5.74, 6) is 0.0344. The van der Waals surface area contributed by atoms with Crippen molar-refractivity contribution in [2.75, 3.05) is 6.61 Å². The Bertz CT molecular complexity index is 1410. The van der Waals surface area contributed by atoms with Gasteiger partial charge in [-0.05, 0) is 62.6 Å². The minimum atomic E-state index is -0.278. The van der Waals surface area contributed by atoms with Gasteiger partial charge in [0.2, 0.25) is 0 Å². The number of hydrogen-bond acceptors (Lipinski definition) is 6. The standard InChI is InChI=1S/C27H28ClN5O3/c1-4-19-15-20(16(3)32(19)27(35)36-5-2)22-10-13-30-26-24(18-6-7-21(28)23(34)14-18)25(31-33(22)26)17-8-11-29-12-9-17/h6-14,16,19-20,34H,4-5,15H2,1-3H3. The second-order valence-electron chi connectivity index (χ2n) is 8.98. The lowest BCUT2D eigenvalue weighted by atomic mass is 9.95. The number of carbonyl (C=O) groups is 1. The number of amides is 1. The van der Waals surface area contributed by atoms with Crippen LogP contribution in [0.3, 0.4) is 0 Å². The zero-order valence-corrected chi connectivity index (χ0v) is 21.2. The maximum absolute atomic E-state index is 12.8. The summed E-state index contributed by atoms with van der Waals surface area (Å²) in [6, 6.07) is 10.9.